The molecule has 0 amide bonds. The molecule has 0 aliphatic carbocycles. The van der Waals surface area contributed by atoms with E-state index in [1.54, 1.807) is 0 Å². The Hall–Kier alpha value is -0.0900. The van der Waals surface area contributed by atoms with E-state index in [0.717, 1.165) is 25.7 Å². The van der Waals surface area contributed by atoms with Crippen LogP contribution in [0, 0.1) is 0 Å². The molecule has 0 unspecified atom stereocenters. The van der Waals surface area contributed by atoms with E-state index >= 15 is 0 Å². The fraction of sp³-hybridized carbons (Fsp3) is 1.00. The summed E-state index contributed by atoms with van der Waals surface area (Å²) in [6.07, 6.45) is 5.35. The van der Waals surface area contributed by atoms with E-state index in [4.69, 9.17) is 0 Å². The van der Waals surface area contributed by atoms with Gasteiger partial charge in [-0.1, -0.05) is 0 Å². The Morgan fingerprint density at radius 3 is 2.08 bits per heavy atom. The maximum absolute atomic E-state index is 11.3. The van der Waals surface area contributed by atoms with Crippen LogP contribution >= 0.6 is 0 Å². The van der Waals surface area contributed by atoms with Gasteiger partial charge in [0.1, 0.15) is 9.84 Å². The Kier molecular flexibility index (Phi) is 1.92. The first-order valence-corrected chi connectivity index (χ1v) is 6.46. The number of rotatable bonds is 1. The number of sulfone groups is 1. The maximum Gasteiger partial charge on any atom is 0.150 e. The molecular weight excluding hydrogens is 174 g/mol. The van der Waals surface area contributed by atoms with Crippen molar-refractivity contribution in [2.24, 2.45) is 0 Å². The van der Waals surface area contributed by atoms with Gasteiger partial charge in [-0.15, -0.1) is 0 Å². The highest BCUT2D eigenvalue weighted by molar-refractivity contribution is 7.91. The Morgan fingerprint density at radius 2 is 1.67 bits per heavy atom. The minimum Gasteiger partial charge on any atom is -0.311 e. The third-order valence-electron chi connectivity index (χ3n) is 3.04. The smallest absolute Gasteiger partial charge is 0.150 e. The summed E-state index contributed by atoms with van der Waals surface area (Å²) in [5.74, 6) is 0. The van der Waals surface area contributed by atoms with Gasteiger partial charge < -0.3 is 5.32 Å². The zero-order valence-corrected chi connectivity index (χ0v) is 8.10. The Morgan fingerprint density at radius 1 is 1.17 bits per heavy atom. The number of nitrogens with one attached hydrogen (secondary N) is 1. The molecule has 2 atom stereocenters. The molecule has 2 heterocycles. The molecule has 2 aliphatic rings. The van der Waals surface area contributed by atoms with Crippen LogP contribution in [0.25, 0.3) is 0 Å². The lowest BCUT2D eigenvalue weighted by atomic mass is 10.1. The van der Waals surface area contributed by atoms with E-state index in [9.17, 15) is 8.42 Å². The molecule has 2 aliphatic heterocycles. The normalized spacial score (nSPS) is 41.6. The molecule has 0 aromatic carbocycles. The first-order chi connectivity index (χ1) is 5.55. The summed E-state index contributed by atoms with van der Waals surface area (Å²) in [4.78, 5) is 0. The zero-order chi connectivity index (χ0) is 8.77. The van der Waals surface area contributed by atoms with Crippen LogP contribution in [0.5, 0.6) is 0 Å². The fourth-order valence-electron chi connectivity index (χ4n) is 2.35. The average Bonchev–Trinajstić information content (AvgIpc) is 2.28. The number of piperidine rings is 1. The van der Waals surface area contributed by atoms with E-state index in [-0.39, 0.29) is 5.25 Å². The van der Waals surface area contributed by atoms with Crippen molar-refractivity contribution in [3.63, 3.8) is 0 Å². The first kappa shape index (κ1) is 8.51. The van der Waals surface area contributed by atoms with Crippen molar-refractivity contribution in [3.8, 4) is 0 Å². The highest BCUT2D eigenvalue weighted by atomic mass is 32.2. The van der Waals surface area contributed by atoms with Crippen LogP contribution in [-0.4, -0.2) is 32.0 Å². The van der Waals surface area contributed by atoms with Crippen LogP contribution in [0.4, 0.5) is 0 Å². The van der Waals surface area contributed by atoms with Gasteiger partial charge in [-0.05, 0) is 25.7 Å². The van der Waals surface area contributed by atoms with E-state index in [1.807, 2.05) is 0 Å². The maximum atomic E-state index is 11.3. The van der Waals surface area contributed by atoms with Crippen molar-refractivity contribution < 1.29 is 8.42 Å². The van der Waals surface area contributed by atoms with E-state index in [2.05, 4.69) is 5.32 Å². The predicted octanol–water partition coefficient (Wildman–Crippen LogP) is 0.314. The summed E-state index contributed by atoms with van der Waals surface area (Å²) < 4.78 is 22.6. The lowest BCUT2D eigenvalue weighted by molar-refractivity contribution is 0.402. The quantitative estimate of drug-likeness (QED) is 0.646. The van der Waals surface area contributed by atoms with Gasteiger partial charge in [0, 0.05) is 18.3 Å². The Balaban J connectivity index is 2.13. The SMILES string of the molecule is CS(=O)(=O)C1C[C@@H]2CC[C@@H](C1)N2. The van der Waals surface area contributed by atoms with Crippen molar-refractivity contribution in [2.45, 2.75) is 43.0 Å². The number of hydrogen-bond acceptors (Lipinski definition) is 3. The molecular formula is C8H15NO2S. The van der Waals surface area contributed by atoms with E-state index < -0.39 is 9.84 Å². The summed E-state index contributed by atoms with van der Waals surface area (Å²) in [5, 5.41) is 3.35. The summed E-state index contributed by atoms with van der Waals surface area (Å²) in [6, 6.07) is 0.951. The molecule has 2 bridgehead atoms. The minimum atomic E-state index is -2.79. The van der Waals surface area contributed by atoms with Crippen LogP contribution in [-0.2, 0) is 9.84 Å². The van der Waals surface area contributed by atoms with Gasteiger partial charge in [0.15, 0.2) is 0 Å². The highest BCUT2D eigenvalue weighted by Gasteiger charge is 2.37. The van der Waals surface area contributed by atoms with Crippen LogP contribution in [0.1, 0.15) is 25.7 Å². The second-order valence-corrected chi connectivity index (χ2v) is 6.39. The van der Waals surface area contributed by atoms with Crippen molar-refractivity contribution >= 4 is 9.84 Å². The van der Waals surface area contributed by atoms with Crippen molar-refractivity contribution in [1.82, 2.24) is 5.32 Å². The third kappa shape index (κ3) is 1.50. The predicted molar refractivity (Wildman–Crippen MR) is 47.8 cm³/mol. The van der Waals surface area contributed by atoms with Crippen molar-refractivity contribution in [3.05, 3.63) is 0 Å². The largest absolute Gasteiger partial charge is 0.311 e. The van der Waals surface area contributed by atoms with Crippen LogP contribution in [0.2, 0.25) is 0 Å². The Bertz CT molecular complexity index is 261. The lowest BCUT2D eigenvalue weighted by Crippen LogP contribution is -2.43. The molecule has 0 aromatic heterocycles. The van der Waals surface area contributed by atoms with Crippen LogP contribution in [0.15, 0.2) is 0 Å². The molecule has 1 N–H and O–H groups in total. The van der Waals surface area contributed by atoms with Gasteiger partial charge in [-0.3, -0.25) is 0 Å². The zero-order valence-electron chi connectivity index (χ0n) is 7.29. The van der Waals surface area contributed by atoms with E-state index in [0.29, 0.717) is 12.1 Å². The molecule has 2 fully saturated rings. The van der Waals surface area contributed by atoms with Crippen LogP contribution in [0.3, 0.4) is 0 Å². The van der Waals surface area contributed by atoms with Crippen LogP contribution < -0.4 is 5.32 Å². The molecule has 0 radical (unpaired) electrons. The fourth-order valence-corrected chi connectivity index (χ4v) is 3.52. The summed E-state index contributed by atoms with van der Waals surface area (Å²) in [7, 11) is -2.79. The minimum absolute atomic E-state index is 0.0729. The number of hydrogen-bond donors (Lipinski definition) is 1. The van der Waals surface area contributed by atoms with Crippen molar-refractivity contribution in [2.75, 3.05) is 6.26 Å². The second-order valence-electron chi connectivity index (χ2n) is 4.06. The summed E-state index contributed by atoms with van der Waals surface area (Å²) in [5.41, 5.74) is 0. The average molecular weight is 189 g/mol. The van der Waals surface area contributed by atoms with Gasteiger partial charge in [0.2, 0.25) is 0 Å². The molecule has 4 heteroatoms. The van der Waals surface area contributed by atoms with Gasteiger partial charge in [-0.2, -0.15) is 0 Å². The Labute approximate surface area is 73.5 Å². The molecule has 2 saturated heterocycles. The number of fused-ring (bicyclic) bond motifs is 2. The molecule has 12 heavy (non-hydrogen) atoms. The first-order valence-electron chi connectivity index (χ1n) is 4.50. The lowest BCUT2D eigenvalue weighted by Gasteiger charge is -2.27. The monoisotopic (exact) mass is 189 g/mol. The summed E-state index contributed by atoms with van der Waals surface area (Å²) in [6.45, 7) is 0. The summed E-state index contributed by atoms with van der Waals surface area (Å²) >= 11 is 0. The van der Waals surface area contributed by atoms with Gasteiger partial charge in [0.25, 0.3) is 0 Å². The standard InChI is InChI=1S/C8H15NO2S/c1-12(10,11)8-4-6-2-3-7(5-8)9-6/h6-9H,2-5H2,1H3/t6-,7-/m0/s1. The third-order valence-corrected chi connectivity index (χ3v) is 4.63. The van der Waals surface area contributed by atoms with E-state index in [1.165, 1.54) is 6.26 Å². The van der Waals surface area contributed by atoms with Gasteiger partial charge in [0.05, 0.1) is 5.25 Å². The molecule has 70 valence electrons. The van der Waals surface area contributed by atoms with Crippen molar-refractivity contribution in [1.29, 1.82) is 0 Å². The highest BCUT2D eigenvalue weighted by Crippen LogP contribution is 2.29. The van der Waals surface area contributed by atoms with Gasteiger partial charge >= 0.3 is 0 Å². The second kappa shape index (κ2) is 2.70. The molecule has 3 nitrogen and oxygen atoms in total. The molecule has 0 saturated carbocycles. The topological polar surface area (TPSA) is 46.2 Å². The van der Waals surface area contributed by atoms with Gasteiger partial charge in [-0.25, -0.2) is 8.42 Å². The molecule has 2 rings (SSSR count). The molecule has 0 aromatic rings. The molecule has 0 spiro atoms.